The first kappa shape index (κ1) is 14.1. The normalized spacial score (nSPS) is 23.2. The van der Waals surface area contributed by atoms with Crippen LogP contribution in [0.5, 0.6) is 0 Å². The van der Waals surface area contributed by atoms with Crippen LogP contribution in [-0.2, 0) is 6.54 Å². The zero-order valence-electron chi connectivity index (χ0n) is 12.8. The zero-order valence-corrected chi connectivity index (χ0v) is 12.8. The highest BCUT2D eigenvalue weighted by atomic mass is 16.2. The maximum Gasteiger partial charge on any atom is 0.277 e. The van der Waals surface area contributed by atoms with Gasteiger partial charge in [-0.1, -0.05) is 6.07 Å². The number of hydrogen-bond donors (Lipinski definition) is 2. The average Bonchev–Trinajstić information content (AvgIpc) is 3.12. The number of pyridine rings is 2. The van der Waals surface area contributed by atoms with Gasteiger partial charge in [-0.3, -0.25) is 9.78 Å². The van der Waals surface area contributed by atoms with Crippen molar-refractivity contribution in [3.05, 3.63) is 47.9 Å². The van der Waals surface area contributed by atoms with Crippen molar-refractivity contribution >= 4 is 17.4 Å². The topological polar surface area (TPSA) is 84.1 Å². The van der Waals surface area contributed by atoms with E-state index in [2.05, 4.69) is 15.3 Å². The molecule has 118 valence electrons. The van der Waals surface area contributed by atoms with Crippen LogP contribution in [0.4, 0.5) is 11.5 Å². The van der Waals surface area contributed by atoms with Crippen molar-refractivity contribution in [2.45, 2.75) is 37.9 Å². The molecule has 0 unspecified atom stereocenters. The largest absolute Gasteiger partial charge is 0.367 e. The van der Waals surface area contributed by atoms with Gasteiger partial charge < -0.3 is 16.0 Å². The minimum atomic E-state index is -0.0649. The van der Waals surface area contributed by atoms with E-state index in [1.165, 1.54) is 0 Å². The predicted octanol–water partition coefficient (Wildman–Crippen LogP) is 1.93. The number of anilines is 2. The first-order chi connectivity index (χ1) is 11.2. The average molecular weight is 309 g/mol. The van der Waals surface area contributed by atoms with E-state index in [-0.39, 0.29) is 5.91 Å². The molecule has 2 aromatic rings. The maximum absolute atomic E-state index is 12.4. The van der Waals surface area contributed by atoms with E-state index in [1.54, 1.807) is 17.3 Å². The van der Waals surface area contributed by atoms with Gasteiger partial charge in [0.05, 0.1) is 18.4 Å². The molecule has 0 aromatic carbocycles. The summed E-state index contributed by atoms with van der Waals surface area (Å²) in [5.74, 6) is 0.764. The second-order valence-electron chi connectivity index (χ2n) is 6.22. The monoisotopic (exact) mass is 309 g/mol. The molecule has 3 heterocycles. The van der Waals surface area contributed by atoms with E-state index >= 15 is 0 Å². The lowest BCUT2D eigenvalue weighted by atomic mass is 10.2. The van der Waals surface area contributed by atoms with E-state index < -0.39 is 0 Å². The van der Waals surface area contributed by atoms with Crippen molar-refractivity contribution in [1.82, 2.24) is 9.97 Å². The standard InChI is InChI=1S/C17H19N5O/c18-12-3-4-13(8-12)21-15-6-5-14(9-20-15)22-10-11-2-1-7-19-16(11)17(22)23/h1-2,5-7,9,12-13H,3-4,8,10,18H2,(H,20,21)/t12-,13-/m0/s1. The Labute approximate surface area is 134 Å². The van der Waals surface area contributed by atoms with Crippen LogP contribution < -0.4 is 16.0 Å². The molecule has 6 nitrogen and oxygen atoms in total. The van der Waals surface area contributed by atoms with Crippen molar-refractivity contribution in [3.8, 4) is 0 Å². The molecular weight excluding hydrogens is 290 g/mol. The Bertz CT molecular complexity index is 730. The fourth-order valence-electron chi connectivity index (χ4n) is 3.33. The van der Waals surface area contributed by atoms with Gasteiger partial charge in [0.2, 0.25) is 0 Å². The van der Waals surface area contributed by atoms with Crippen LogP contribution in [0.25, 0.3) is 0 Å². The lowest BCUT2D eigenvalue weighted by molar-refractivity contribution is 0.0992. The molecule has 1 aliphatic carbocycles. The van der Waals surface area contributed by atoms with Gasteiger partial charge >= 0.3 is 0 Å². The summed E-state index contributed by atoms with van der Waals surface area (Å²) in [6.45, 7) is 0.550. The molecule has 1 amide bonds. The van der Waals surface area contributed by atoms with Crippen LogP contribution in [0.15, 0.2) is 36.7 Å². The Morgan fingerprint density at radius 3 is 2.83 bits per heavy atom. The van der Waals surface area contributed by atoms with Crippen molar-refractivity contribution < 1.29 is 4.79 Å². The number of carbonyl (C=O) groups is 1. The first-order valence-corrected chi connectivity index (χ1v) is 7.94. The molecular formula is C17H19N5O. The summed E-state index contributed by atoms with van der Waals surface area (Å²) in [5.41, 5.74) is 8.22. The number of fused-ring (bicyclic) bond motifs is 1. The highest BCUT2D eigenvalue weighted by molar-refractivity contribution is 6.08. The summed E-state index contributed by atoms with van der Waals surface area (Å²) in [6, 6.07) is 8.32. The molecule has 0 radical (unpaired) electrons. The molecule has 1 fully saturated rings. The summed E-state index contributed by atoms with van der Waals surface area (Å²) in [6.07, 6.45) is 6.51. The van der Waals surface area contributed by atoms with Crippen LogP contribution in [-0.4, -0.2) is 28.0 Å². The molecule has 2 aliphatic rings. The third-order valence-electron chi connectivity index (χ3n) is 4.55. The van der Waals surface area contributed by atoms with E-state index in [9.17, 15) is 4.79 Å². The summed E-state index contributed by atoms with van der Waals surface area (Å²) >= 11 is 0. The number of amides is 1. The lowest BCUT2D eigenvalue weighted by Crippen LogP contribution is -2.24. The van der Waals surface area contributed by atoms with E-state index in [0.717, 1.165) is 36.3 Å². The minimum absolute atomic E-state index is 0.0649. The fourth-order valence-corrected chi connectivity index (χ4v) is 3.33. The van der Waals surface area contributed by atoms with E-state index in [4.69, 9.17) is 5.73 Å². The molecule has 1 saturated carbocycles. The van der Waals surface area contributed by atoms with Gasteiger partial charge in [0.15, 0.2) is 0 Å². The van der Waals surface area contributed by atoms with Gasteiger partial charge in [-0.2, -0.15) is 0 Å². The van der Waals surface area contributed by atoms with Gasteiger partial charge in [-0.05, 0) is 37.5 Å². The Hall–Kier alpha value is -2.47. The van der Waals surface area contributed by atoms with Crippen LogP contribution in [0.1, 0.15) is 35.3 Å². The van der Waals surface area contributed by atoms with Crippen LogP contribution >= 0.6 is 0 Å². The van der Waals surface area contributed by atoms with E-state index in [1.807, 2.05) is 24.3 Å². The lowest BCUT2D eigenvalue weighted by Gasteiger charge is -2.17. The van der Waals surface area contributed by atoms with Crippen LogP contribution in [0, 0.1) is 0 Å². The number of nitrogens with one attached hydrogen (secondary N) is 1. The summed E-state index contributed by atoms with van der Waals surface area (Å²) < 4.78 is 0. The quantitative estimate of drug-likeness (QED) is 0.905. The highest BCUT2D eigenvalue weighted by Crippen LogP contribution is 2.27. The number of nitrogens with zero attached hydrogens (tertiary/aromatic N) is 3. The van der Waals surface area contributed by atoms with Crippen molar-refractivity contribution in [2.75, 3.05) is 10.2 Å². The third-order valence-corrected chi connectivity index (χ3v) is 4.55. The van der Waals surface area contributed by atoms with Gasteiger partial charge in [0, 0.05) is 23.8 Å². The number of aromatic nitrogens is 2. The molecule has 0 spiro atoms. The summed E-state index contributed by atoms with van der Waals surface area (Å²) in [5, 5.41) is 3.41. The SMILES string of the molecule is N[C@H]1CC[C@H](Nc2ccc(N3Cc4cccnc4C3=O)cn2)C1. The number of nitrogens with two attached hydrogens (primary N) is 1. The highest BCUT2D eigenvalue weighted by Gasteiger charge is 2.29. The van der Waals surface area contributed by atoms with Crippen molar-refractivity contribution in [1.29, 1.82) is 0 Å². The molecule has 6 heteroatoms. The molecule has 1 aliphatic heterocycles. The number of carbonyl (C=O) groups excluding carboxylic acids is 1. The van der Waals surface area contributed by atoms with E-state index in [0.29, 0.717) is 24.3 Å². The van der Waals surface area contributed by atoms with Crippen LogP contribution in [0.2, 0.25) is 0 Å². The zero-order chi connectivity index (χ0) is 15.8. The third kappa shape index (κ3) is 2.66. The molecule has 0 saturated heterocycles. The molecule has 23 heavy (non-hydrogen) atoms. The molecule has 4 rings (SSSR count). The number of rotatable bonds is 3. The minimum Gasteiger partial charge on any atom is -0.367 e. The van der Waals surface area contributed by atoms with Gasteiger partial charge in [-0.25, -0.2) is 4.98 Å². The second kappa shape index (κ2) is 5.62. The Kier molecular flexibility index (Phi) is 3.46. The van der Waals surface area contributed by atoms with Gasteiger partial charge in [-0.15, -0.1) is 0 Å². The maximum atomic E-state index is 12.4. The van der Waals surface area contributed by atoms with Gasteiger partial charge in [0.1, 0.15) is 11.5 Å². The molecule has 3 N–H and O–H groups in total. The summed E-state index contributed by atoms with van der Waals surface area (Å²) in [7, 11) is 0. The Morgan fingerprint density at radius 1 is 1.22 bits per heavy atom. The molecule has 0 bridgehead atoms. The Balaban J connectivity index is 1.48. The van der Waals surface area contributed by atoms with Crippen molar-refractivity contribution in [3.63, 3.8) is 0 Å². The first-order valence-electron chi connectivity index (χ1n) is 7.94. The van der Waals surface area contributed by atoms with Gasteiger partial charge in [0.25, 0.3) is 5.91 Å². The molecule has 2 atom stereocenters. The van der Waals surface area contributed by atoms with Crippen LogP contribution in [0.3, 0.4) is 0 Å². The number of hydrogen-bond acceptors (Lipinski definition) is 5. The van der Waals surface area contributed by atoms with Crippen molar-refractivity contribution in [2.24, 2.45) is 5.73 Å². The predicted molar refractivity (Wildman–Crippen MR) is 88.2 cm³/mol. The molecule has 2 aromatic heterocycles. The summed E-state index contributed by atoms with van der Waals surface area (Å²) in [4.78, 5) is 22.7. The fraction of sp³-hybridized carbons (Fsp3) is 0.353. The smallest absolute Gasteiger partial charge is 0.277 e. The second-order valence-corrected chi connectivity index (χ2v) is 6.22. The Morgan fingerprint density at radius 2 is 2.13 bits per heavy atom.